The van der Waals surface area contributed by atoms with Gasteiger partial charge in [-0.2, -0.15) is 0 Å². The Labute approximate surface area is 136 Å². The molecule has 0 unspecified atom stereocenters. The van der Waals surface area contributed by atoms with E-state index in [9.17, 15) is 25.2 Å². The number of rotatable bonds is 5. The van der Waals surface area contributed by atoms with Crippen LogP contribution in [0, 0.1) is 6.92 Å². The van der Waals surface area contributed by atoms with Crippen LogP contribution < -0.4 is 0 Å². The molecule has 9 nitrogen and oxygen atoms in total. The van der Waals surface area contributed by atoms with Gasteiger partial charge < -0.3 is 25.5 Å². The summed E-state index contributed by atoms with van der Waals surface area (Å²) in [5.41, 5.74) is 0.214. The third kappa shape index (κ3) is 3.31. The van der Waals surface area contributed by atoms with Gasteiger partial charge in [-0.05, 0) is 25.1 Å². The fourth-order valence-corrected chi connectivity index (χ4v) is 2.06. The summed E-state index contributed by atoms with van der Waals surface area (Å²) in [6.07, 6.45) is 0. The Hall–Kier alpha value is -3.04. The van der Waals surface area contributed by atoms with E-state index in [0.717, 1.165) is 6.07 Å². The predicted octanol–water partition coefficient (Wildman–Crippen LogP) is 1.90. The van der Waals surface area contributed by atoms with Gasteiger partial charge in [-0.3, -0.25) is 0 Å². The van der Waals surface area contributed by atoms with Crippen LogP contribution in [0.3, 0.4) is 0 Å². The van der Waals surface area contributed by atoms with Gasteiger partial charge in [0.25, 0.3) is 0 Å². The molecule has 126 valence electrons. The summed E-state index contributed by atoms with van der Waals surface area (Å²) >= 11 is 0. The van der Waals surface area contributed by atoms with Crippen LogP contribution in [-0.2, 0) is 13.2 Å². The van der Waals surface area contributed by atoms with Crippen LogP contribution in [0.15, 0.2) is 28.4 Å². The molecule has 1 heterocycles. The van der Waals surface area contributed by atoms with E-state index in [1.807, 2.05) is 0 Å². The second-order valence-electron chi connectivity index (χ2n) is 4.85. The van der Waals surface area contributed by atoms with Gasteiger partial charge in [0.2, 0.25) is 0 Å². The van der Waals surface area contributed by atoms with Crippen LogP contribution >= 0.6 is 0 Å². The first-order valence-electron chi connectivity index (χ1n) is 6.80. The molecule has 1 aromatic heterocycles. The van der Waals surface area contributed by atoms with Gasteiger partial charge in [0.1, 0.15) is 17.1 Å². The number of aromatic nitrogens is 1. The van der Waals surface area contributed by atoms with Crippen molar-refractivity contribution >= 4 is 17.5 Å². The predicted molar refractivity (Wildman–Crippen MR) is 81.7 cm³/mol. The van der Waals surface area contributed by atoms with E-state index in [0.29, 0.717) is 0 Å². The highest BCUT2D eigenvalue weighted by Crippen LogP contribution is 2.32. The van der Waals surface area contributed by atoms with Crippen LogP contribution in [0.1, 0.15) is 27.2 Å². The number of nitrogens with zero attached hydrogens (tertiary/aromatic N) is 3. The lowest BCUT2D eigenvalue weighted by molar-refractivity contribution is 0.0693. The van der Waals surface area contributed by atoms with Crippen molar-refractivity contribution in [3.63, 3.8) is 0 Å². The lowest BCUT2D eigenvalue weighted by Gasteiger charge is -2.11. The largest absolute Gasteiger partial charge is 0.507 e. The molecular weight excluding hydrogens is 318 g/mol. The molecule has 0 amide bonds. The summed E-state index contributed by atoms with van der Waals surface area (Å²) in [5.74, 6) is -1.97. The number of aryl methyl sites for hydroxylation is 1. The van der Waals surface area contributed by atoms with Crippen molar-refractivity contribution in [2.45, 2.75) is 20.1 Å². The first-order chi connectivity index (χ1) is 11.4. The standard InChI is InChI=1S/C15H15N3O6/c1-7-13(22)10(5-19)11(6-20)14(16-7)18-17-8-2-3-12(21)9(4-8)15(23)24/h2-4,19-22H,5-6H2,1H3,(H,23,24). The average Bonchev–Trinajstić information content (AvgIpc) is 2.56. The van der Waals surface area contributed by atoms with E-state index >= 15 is 0 Å². The molecule has 9 heteroatoms. The number of aromatic hydroxyl groups is 2. The Morgan fingerprint density at radius 1 is 1.12 bits per heavy atom. The fraction of sp³-hybridized carbons (Fsp3) is 0.200. The summed E-state index contributed by atoms with van der Waals surface area (Å²) in [4.78, 5) is 15.0. The number of pyridine rings is 1. The molecular formula is C15H15N3O6. The molecule has 0 bridgehead atoms. The summed E-state index contributed by atoms with van der Waals surface area (Å²) in [6.45, 7) is 0.453. The van der Waals surface area contributed by atoms with Crippen molar-refractivity contribution in [3.05, 3.63) is 40.6 Å². The molecule has 2 rings (SSSR count). The van der Waals surface area contributed by atoms with Gasteiger partial charge in [-0.15, -0.1) is 10.2 Å². The molecule has 0 radical (unpaired) electrons. The molecule has 0 spiro atoms. The quantitative estimate of drug-likeness (QED) is 0.523. The SMILES string of the molecule is Cc1nc(N=Nc2ccc(O)c(C(=O)O)c2)c(CO)c(CO)c1O. The zero-order chi connectivity index (χ0) is 17.9. The van der Waals surface area contributed by atoms with Gasteiger partial charge in [-0.1, -0.05) is 0 Å². The summed E-state index contributed by atoms with van der Waals surface area (Å²) in [6, 6.07) is 3.64. The lowest BCUT2D eigenvalue weighted by atomic mass is 10.1. The number of azo groups is 1. The average molecular weight is 333 g/mol. The van der Waals surface area contributed by atoms with E-state index in [2.05, 4.69) is 15.2 Å². The topological polar surface area (TPSA) is 156 Å². The molecule has 0 saturated carbocycles. The van der Waals surface area contributed by atoms with Crippen LogP contribution in [-0.4, -0.2) is 36.5 Å². The van der Waals surface area contributed by atoms with Crippen molar-refractivity contribution in [2.24, 2.45) is 10.2 Å². The Kier molecular flexibility index (Phi) is 5.07. The van der Waals surface area contributed by atoms with Crippen molar-refractivity contribution in [1.82, 2.24) is 4.98 Å². The van der Waals surface area contributed by atoms with Gasteiger partial charge >= 0.3 is 5.97 Å². The van der Waals surface area contributed by atoms with Crippen LogP contribution in [0.2, 0.25) is 0 Å². The van der Waals surface area contributed by atoms with Gasteiger partial charge in [0.15, 0.2) is 5.82 Å². The third-order valence-electron chi connectivity index (χ3n) is 3.32. The molecule has 0 atom stereocenters. The van der Waals surface area contributed by atoms with E-state index in [1.165, 1.54) is 19.1 Å². The molecule has 2 aromatic rings. The maximum absolute atomic E-state index is 11.0. The van der Waals surface area contributed by atoms with Gasteiger partial charge in [-0.25, -0.2) is 9.78 Å². The van der Waals surface area contributed by atoms with Gasteiger partial charge in [0.05, 0.1) is 24.6 Å². The molecule has 24 heavy (non-hydrogen) atoms. The van der Waals surface area contributed by atoms with Gasteiger partial charge in [0, 0.05) is 11.1 Å². The van der Waals surface area contributed by atoms with E-state index in [-0.39, 0.29) is 39.6 Å². The number of benzene rings is 1. The zero-order valence-electron chi connectivity index (χ0n) is 12.6. The number of carbonyl (C=O) groups is 1. The highest BCUT2D eigenvalue weighted by molar-refractivity contribution is 5.91. The molecule has 0 aliphatic carbocycles. The minimum Gasteiger partial charge on any atom is -0.507 e. The molecule has 1 aromatic carbocycles. The minimum absolute atomic E-state index is 0.0122. The Morgan fingerprint density at radius 2 is 1.79 bits per heavy atom. The number of aliphatic hydroxyl groups is 2. The number of carboxylic acid groups (broad SMARTS) is 1. The maximum Gasteiger partial charge on any atom is 0.339 e. The molecule has 0 fully saturated rings. The normalized spacial score (nSPS) is 11.1. The van der Waals surface area contributed by atoms with Crippen LogP contribution in [0.4, 0.5) is 11.5 Å². The Bertz CT molecular complexity index is 819. The van der Waals surface area contributed by atoms with Crippen molar-refractivity contribution in [1.29, 1.82) is 0 Å². The molecule has 5 N–H and O–H groups in total. The Balaban J connectivity index is 2.48. The molecule has 0 saturated heterocycles. The monoisotopic (exact) mass is 333 g/mol. The number of hydrogen-bond acceptors (Lipinski definition) is 8. The first kappa shape index (κ1) is 17.3. The number of hydrogen-bond donors (Lipinski definition) is 5. The number of aliphatic hydroxyl groups excluding tert-OH is 2. The minimum atomic E-state index is -1.32. The van der Waals surface area contributed by atoms with Crippen LogP contribution in [0.5, 0.6) is 11.5 Å². The smallest absolute Gasteiger partial charge is 0.339 e. The summed E-state index contributed by atoms with van der Waals surface area (Å²) in [5, 5.41) is 54.7. The van der Waals surface area contributed by atoms with E-state index in [1.54, 1.807) is 0 Å². The molecule has 0 aliphatic heterocycles. The molecule has 0 aliphatic rings. The summed E-state index contributed by atoms with van der Waals surface area (Å²) < 4.78 is 0. The first-order valence-corrected chi connectivity index (χ1v) is 6.80. The highest BCUT2D eigenvalue weighted by Gasteiger charge is 2.16. The second-order valence-corrected chi connectivity index (χ2v) is 4.85. The van der Waals surface area contributed by atoms with Crippen LogP contribution in [0.25, 0.3) is 0 Å². The summed E-state index contributed by atoms with van der Waals surface area (Å²) in [7, 11) is 0. The van der Waals surface area contributed by atoms with E-state index < -0.39 is 24.9 Å². The number of carboxylic acids is 1. The zero-order valence-corrected chi connectivity index (χ0v) is 12.6. The van der Waals surface area contributed by atoms with Crippen molar-refractivity contribution in [3.8, 4) is 11.5 Å². The third-order valence-corrected chi connectivity index (χ3v) is 3.32. The van der Waals surface area contributed by atoms with Crippen molar-refractivity contribution < 1.29 is 30.3 Å². The maximum atomic E-state index is 11.0. The Morgan fingerprint density at radius 3 is 2.38 bits per heavy atom. The second kappa shape index (κ2) is 7.02. The highest BCUT2D eigenvalue weighted by atomic mass is 16.4. The van der Waals surface area contributed by atoms with Crippen molar-refractivity contribution in [2.75, 3.05) is 0 Å². The number of phenols is 1. The lowest BCUT2D eigenvalue weighted by Crippen LogP contribution is -2.00. The number of aromatic carboxylic acids is 1. The fourth-order valence-electron chi connectivity index (χ4n) is 2.06. The van der Waals surface area contributed by atoms with E-state index in [4.69, 9.17) is 5.11 Å².